The summed E-state index contributed by atoms with van der Waals surface area (Å²) in [5.74, 6) is 3.49. The summed E-state index contributed by atoms with van der Waals surface area (Å²) in [4.78, 5) is 12.6. The van der Waals surface area contributed by atoms with Gasteiger partial charge in [-0.2, -0.15) is 0 Å². The number of rotatable bonds is 6. The highest BCUT2D eigenvalue weighted by Crippen LogP contribution is 2.41. The van der Waals surface area contributed by atoms with E-state index in [2.05, 4.69) is 5.32 Å². The van der Waals surface area contributed by atoms with Gasteiger partial charge in [-0.05, 0) is 48.8 Å². The maximum Gasteiger partial charge on any atom is 0.224 e. The van der Waals surface area contributed by atoms with Gasteiger partial charge in [-0.1, -0.05) is 25.7 Å². The second-order valence-corrected chi connectivity index (χ2v) is 7.59. The highest BCUT2D eigenvalue weighted by molar-refractivity contribution is 5.79. The van der Waals surface area contributed by atoms with E-state index in [-0.39, 0.29) is 5.91 Å². The van der Waals surface area contributed by atoms with Crippen LogP contribution in [0.2, 0.25) is 0 Å². The average molecular weight is 361 g/mol. The van der Waals surface area contributed by atoms with Crippen molar-refractivity contribution in [2.75, 3.05) is 21.3 Å². The van der Waals surface area contributed by atoms with Gasteiger partial charge in [0.25, 0.3) is 0 Å². The summed E-state index contributed by atoms with van der Waals surface area (Å²) in [5.41, 5.74) is 0.864. The van der Waals surface area contributed by atoms with Gasteiger partial charge in [0.1, 0.15) is 0 Å². The number of fused-ring (bicyclic) bond motifs is 1. The molecule has 5 heteroatoms. The third-order valence-electron chi connectivity index (χ3n) is 5.99. The van der Waals surface area contributed by atoms with Crippen molar-refractivity contribution in [2.45, 2.75) is 57.4 Å². The van der Waals surface area contributed by atoms with Crippen molar-refractivity contribution < 1.29 is 19.0 Å². The second-order valence-electron chi connectivity index (χ2n) is 7.59. The van der Waals surface area contributed by atoms with Crippen LogP contribution in [0, 0.1) is 11.8 Å². The van der Waals surface area contributed by atoms with Crippen LogP contribution in [0.4, 0.5) is 0 Å². The highest BCUT2D eigenvalue weighted by Gasteiger charge is 2.32. The van der Waals surface area contributed by atoms with Crippen molar-refractivity contribution >= 4 is 5.91 Å². The smallest absolute Gasteiger partial charge is 0.224 e. The van der Waals surface area contributed by atoms with Gasteiger partial charge in [-0.3, -0.25) is 4.79 Å². The Balaban J connectivity index is 1.61. The summed E-state index contributed by atoms with van der Waals surface area (Å²) >= 11 is 0. The Morgan fingerprint density at radius 2 is 1.62 bits per heavy atom. The molecular formula is C21H31NO4. The molecule has 0 saturated heterocycles. The van der Waals surface area contributed by atoms with Gasteiger partial charge in [0.2, 0.25) is 11.7 Å². The monoisotopic (exact) mass is 361 g/mol. The molecule has 0 aromatic heterocycles. The van der Waals surface area contributed by atoms with E-state index in [1.807, 2.05) is 12.1 Å². The van der Waals surface area contributed by atoms with Crippen LogP contribution in [0.1, 0.15) is 50.5 Å². The average Bonchev–Trinajstić information content (AvgIpc) is 2.66. The summed E-state index contributed by atoms with van der Waals surface area (Å²) in [6, 6.07) is 4.02. The zero-order valence-electron chi connectivity index (χ0n) is 16.2. The maximum absolute atomic E-state index is 12.6. The molecule has 0 heterocycles. The van der Waals surface area contributed by atoms with Crippen LogP contribution in [0.15, 0.2) is 12.1 Å². The van der Waals surface area contributed by atoms with Crippen LogP contribution in [-0.2, 0) is 11.2 Å². The molecule has 2 aliphatic rings. The summed E-state index contributed by atoms with van der Waals surface area (Å²) in [5, 5.41) is 3.25. The molecule has 144 valence electrons. The lowest BCUT2D eigenvalue weighted by molar-refractivity contribution is -0.121. The molecule has 1 N–H and O–H groups in total. The highest BCUT2D eigenvalue weighted by atomic mass is 16.5. The molecule has 26 heavy (non-hydrogen) atoms. The Morgan fingerprint density at radius 3 is 2.23 bits per heavy atom. The van der Waals surface area contributed by atoms with E-state index >= 15 is 0 Å². The largest absolute Gasteiger partial charge is 0.493 e. The van der Waals surface area contributed by atoms with Crippen LogP contribution in [-0.4, -0.2) is 33.3 Å². The van der Waals surface area contributed by atoms with Gasteiger partial charge in [0.05, 0.1) is 27.8 Å². The maximum atomic E-state index is 12.6. The summed E-state index contributed by atoms with van der Waals surface area (Å²) in [6.45, 7) is 0. The fourth-order valence-corrected chi connectivity index (χ4v) is 4.71. The third-order valence-corrected chi connectivity index (χ3v) is 5.99. The van der Waals surface area contributed by atoms with Crippen molar-refractivity contribution in [3.05, 3.63) is 17.7 Å². The van der Waals surface area contributed by atoms with Gasteiger partial charge >= 0.3 is 0 Å². The molecular weight excluding hydrogens is 330 g/mol. The van der Waals surface area contributed by atoms with E-state index in [1.165, 1.54) is 32.1 Å². The van der Waals surface area contributed by atoms with E-state index in [4.69, 9.17) is 14.2 Å². The van der Waals surface area contributed by atoms with E-state index in [9.17, 15) is 4.79 Å². The first-order chi connectivity index (χ1) is 12.6. The first-order valence-corrected chi connectivity index (χ1v) is 9.72. The van der Waals surface area contributed by atoms with E-state index < -0.39 is 0 Å². The minimum absolute atomic E-state index is 0.0681. The van der Waals surface area contributed by atoms with E-state index in [1.54, 1.807) is 21.3 Å². The van der Waals surface area contributed by atoms with Gasteiger partial charge in [-0.25, -0.2) is 0 Å². The number of hydrogen-bond donors (Lipinski definition) is 1. The number of hydrogen-bond acceptors (Lipinski definition) is 4. The summed E-state index contributed by atoms with van der Waals surface area (Å²) < 4.78 is 16.1. The number of amides is 1. The number of carbonyl (C=O) groups excluding carboxylic acids is 1. The minimum Gasteiger partial charge on any atom is -0.493 e. The first-order valence-electron chi connectivity index (χ1n) is 9.72. The molecule has 5 nitrogen and oxygen atoms in total. The van der Waals surface area contributed by atoms with Crippen LogP contribution in [0.25, 0.3) is 0 Å². The van der Waals surface area contributed by atoms with Crippen molar-refractivity contribution in [1.29, 1.82) is 0 Å². The van der Waals surface area contributed by atoms with Crippen LogP contribution in [0.5, 0.6) is 17.2 Å². The minimum atomic E-state index is 0.0681. The molecule has 0 spiro atoms. The molecule has 2 fully saturated rings. The molecule has 0 aliphatic heterocycles. The molecule has 0 unspecified atom stereocenters. The first kappa shape index (κ1) is 18.9. The summed E-state index contributed by atoms with van der Waals surface area (Å²) in [7, 11) is 4.75. The van der Waals surface area contributed by atoms with Crippen molar-refractivity contribution in [3.63, 3.8) is 0 Å². The van der Waals surface area contributed by atoms with Crippen molar-refractivity contribution in [2.24, 2.45) is 11.8 Å². The second kappa shape index (κ2) is 8.65. The number of ether oxygens (including phenoxy) is 3. The molecule has 1 aromatic rings. The predicted octanol–water partition coefficient (Wildman–Crippen LogP) is 3.73. The van der Waals surface area contributed by atoms with Crippen molar-refractivity contribution in [1.82, 2.24) is 5.32 Å². The quantitative estimate of drug-likeness (QED) is 0.839. The fourth-order valence-electron chi connectivity index (χ4n) is 4.71. The molecule has 2 saturated carbocycles. The number of carbonyl (C=O) groups is 1. The lowest BCUT2D eigenvalue weighted by atomic mass is 9.69. The molecule has 2 aliphatic carbocycles. The Morgan fingerprint density at radius 1 is 0.962 bits per heavy atom. The van der Waals surface area contributed by atoms with Gasteiger partial charge in [-0.15, -0.1) is 0 Å². The zero-order chi connectivity index (χ0) is 18.5. The van der Waals surface area contributed by atoms with Gasteiger partial charge in [0.15, 0.2) is 11.5 Å². The number of benzene rings is 1. The molecule has 3 atom stereocenters. The normalized spacial score (nSPS) is 25.1. The Bertz CT molecular complexity index is 605. The predicted molar refractivity (Wildman–Crippen MR) is 101 cm³/mol. The fraction of sp³-hybridized carbons (Fsp3) is 0.667. The van der Waals surface area contributed by atoms with Gasteiger partial charge in [0, 0.05) is 6.04 Å². The lowest BCUT2D eigenvalue weighted by Gasteiger charge is -2.39. The Labute approximate surface area is 156 Å². The van der Waals surface area contributed by atoms with Crippen LogP contribution < -0.4 is 19.5 Å². The SMILES string of the molecule is COc1cc(CC(=O)N[C@@H]2CC[C@H]3CCCC[C@@H]3C2)cc(OC)c1OC. The third kappa shape index (κ3) is 4.25. The number of nitrogens with one attached hydrogen (secondary N) is 1. The molecule has 1 aromatic carbocycles. The van der Waals surface area contributed by atoms with E-state index in [0.717, 1.165) is 30.2 Å². The summed E-state index contributed by atoms with van der Waals surface area (Å²) in [6.07, 6.45) is 9.31. The zero-order valence-corrected chi connectivity index (χ0v) is 16.2. The standard InChI is InChI=1S/C21H31NO4/c1-24-18-10-14(11-19(25-2)21(18)26-3)12-20(23)22-17-9-8-15-6-4-5-7-16(15)13-17/h10-11,15-17H,4-9,12-13H2,1-3H3,(H,22,23)/t15-,16-,17-/m1/s1. The van der Waals surface area contributed by atoms with Crippen LogP contribution in [0.3, 0.4) is 0 Å². The number of methoxy groups -OCH3 is 3. The molecule has 0 bridgehead atoms. The van der Waals surface area contributed by atoms with Gasteiger partial charge < -0.3 is 19.5 Å². The topological polar surface area (TPSA) is 56.8 Å². The Kier molecular flexibility index (Phi) is 6.28. The Hall–Kier alpha value is -1.91. The molecule has 0 radical (unpaired) electrons. The van der Waals surface area contributed by atoms with Crippen LogP contribution >= 0.6 is 0 Å². The molecule has 3 rings (SSSR count). The molecule has 1 amide bonds. The van der Waals surface area contributed by atoms with E-state index in [0.29, 0.717) is 29.7 Å². The van der Waals surface area contributed by atoms with Crippen molar-refractivity contribution in [3.8, 4) is 17.2 Å². The lowest BCUT2D eigenvalue weighted by Crippen LogP contribution is -2.42.